The zero-order valence-corrected chi connectivity index (χ0v) is 13.7. The van der Waals surface area contributed by atoms with E-state index in [1.54, 1.807) is 0 Å². The van der Waals surface area contributed by atoms with Crippen LogP contribution in [0.3, 0.4) is 0 Å². The number of hydrogen-bond acceptors (Lipinski definition) is 5. The molecular weight excluding hydrogens is 320 g/mol. The lowest BCUT2D eigenvalue weighted by Gasteiger charge is -2.05. The van der Waals surface area contributed by atoms with Gasteiger partial charge in [-0.3, -0.25) is 0 Å². The van der Waals surface area contributed by atoms with Crippen LogP contribution in [0.15, 0.2) is 66.9 Å². The van der Waals surface area contributed by atoms with E-state index in [0.717, 1.165) is 27.1 Å². The van der Waals surface area contributed by atoms with Crippen molar-refractivity contribution in [3.8, 4) is 17.0 Å². The third-order valence-electron chi connectivity index (χ3n) is 3.50. The van der Waals surface area contributed by atoms with Gasteiger partial charge in [-0.1, -0.05) is 59.9 Å². The highest BCUT2D eigenvalue weighted by atomic mass is 32.1. The molecule has 4 aromatic rings. The van der Waals surface area contributed by atoms with Gasteiger partial charge < -0.3 is 10.1 Å². The summed E-state index contributed by atoms with van der Waals surface area (Å²) < 4.78 is 7.47. The molecule has 0 aliphatic heterocycles. The van der Waals surface area contributed by atoms with Crippen molar-refractivity contribution in [1.82, 2.24) is 14.6 Å². The van der Waals surface area contributed by atoms with Crippen LogP contribution >= 0.6 is 11.3 Å². The Morgan fingerprint density at radius 3 is 2.50 bits per heavy atom. The molecular formula is C18H16N4OS. The molecule has 4 rings (SSSR count). The molecule has 2 aromatic heterocycles. The molecule has 0 unspecified atom stereocenters. The average Bonchev–Trinajstić information content (AvgIpc) is 3.19. The summed E-state index contributed by atoms with van der Waals surface area (Å²) in [5.41, 5.74) is 2.04. The van der Waals surface area contributed by atoms with Crippen LogP contribution in [0.4, 0.5) is 5.13 Å². The monoisotopic (exact) mass is 336 g/mol. The number of anilines is 1. The summed E-state index contributed by atoms with van der Waals surface area (Å²) in [5.74, 6) is 0.876. The highest BCUT2D eigenvalue weighted by Gasteiger charge is 2.09. The molecule has 0 saturated carbocycles. The number of fused-ring (bicyclic) bond motifs is 1. The van der Waals surface area contributed by atoms with Crippen LogP contribution in [0.25, 0.3) is 16.2 Å². The summed E-state index contributed by atoms with van der Waals surface area (Å²) in [5, 5.41) is 8.62. The highest BCUT2D eigenvalue weighted by Crippen LogP contribution is 2.24. The number of nitrogens with zero attached hydrogens (tertiary/aromatic N) is 3. The van der Waals surface area contributed by atoms with E-state index < -0.39 is 0 Å². The number of para-hydroxylation sites is 1. The van der Waals surface area contributed by atoms with Gasteiger partial charge in [-0.05, 0) is 12.1 Å². The molecule has 5 nitrogen and oxygen atoms in total. The Hall–Kier alpha value is -2.86. The first-order valence-corrected chi connectivity index (χ1v) is 8.53. The number of nitrogens with one attached hydrogen (secondary N) is 1. The molecule has 1 N–H and O–H groups in total. The van der Waals surface area contributed by atoms with E-state index in [2.05, 4.69) is 15.4 Å². The van der Waals surface area contributed by atoms with Crippen molar-refractivity contribution in [2.45, 2.75) is 0 Å². The van der Waals surface area contributed by atoms with Gasteiger partial charge in [0, 0.05) is 5.56 Å². The first-order chi connectivity index (χ1) is 11.9. The van der Waals surface area contributed by atoms with Crippen molar-refractivity contribution in [2.24, 2.45) is 0 Å². The van der Waals surface area contributed by atoms with Gasteiger partial charge in [0.15, 0.2) is 0 Å². The Balaban J connectivity index is 1.37. The molecule has 2 heterocycles. The van der Waals surface area contributed by atoms with E-state index in [4.69, 9.17) is 4.74 Å². The molecule has 0 fully saturated rings. The minimum absolute atomic E-state index is 0.584. The highest BCUT2D eigenvalue weighted by molar-refractivity contribution is 7.20. The first-order valence-electron chi connectivity index (χ1n) is 7.72. The van der Waals surface area contributed by atoms with Crippen molar-refractivity contribution < 1.29 is 4.74 Å². The molecule has 0 radical (unpaired) electrons. The number of aromatic nitrogens is 3. The SMILES string of the molecule is c1ccc(OCCNc2nn3cc(-c4ccccc4)nc3s2)cc1. The van der Waals surface area contributed by atoms with E-state index in [1.807, 2.05) is 71.4 Å². The van der Waals surface area contributed by atoms with Crippen LogP contribution in [-0.2, 0) is 0 Å². The van der Waals surface area contributed by atoms with Crippen LogP contribution in [0.5, 0.6) is 5.75 Å². The smallest absolute Gasteiger partial charge is 0.214 e. The topological polar surface area (TPSA) is 51.5 Å². The lowest BCUT2D eigenvalue weighted by atomic mass is 10.2. The van der Waals surface area contributed by atoms with Gasteiger partial charge >= 0.3 is 0 Å². The molecule has 0 aliphatic carbocycles. The number of imidazole rings is 1. The second kappa shape index (κ2) is 6.72. The predicted octanol–water partition coefficient (Wildman–Crippen LogP) is 3.95. The Kier molecular flexibility index (Phi) is 4.12. The van der Waals surface area contributed by atoms with Gasteiger partial charge in [-0.25, -0.2) is 9.50 Å². The molecule has 0 aliphatic rings. The first kappa shape index (κ1) is 14.7. The van der Waals surface area contributed by atoms with Gasteiger partial charge in [-0.2, -0.15) is 0 Å². The van der Waals surface area contributed by atoms with Crippen molar-refractivity contribution in [1.29, 1.82) is 0 Å². The predicted molar refractivity (Wildman–Crippen MR) is 96.7 cm³/mol. The van der Waals surface area contributed by atoms with Crippen LogP contribution in [-0.4, -0.2) is 27.7 Å². The minimum atomic E-state index is 0.584. The van der Waals surface area contributed by atoms with E-state index in [-0.39, 0.29) is 0 Å². The molecule has 120 valence electrons. The molecule has 6 heteroatoms. The molecule has 0 saturated heterocycles. The lowest BCUT2D eigenvalue weighted by molar-refractivity contribution is 0.333. The molecule has 24 heavy (non-hydrogen) atoms. The largest absolute Gasteiger partial charge is 0.492 e. The maximum absolute atomic E-state index is 5.65. The number of hydrogen-bond donors (Lipinski definition) is 1. The van der Waals surface area contributed by atoms with E-state index in [9.17, 15) is 0 Å². The van der Waals surface area contributed by atoms with Gasteiger partial charge in [0.25, 0.3) is 0 Å². The van der Waals surface area contributed by atoms with Crippen molar-refractivity contribution in [3.05, 3.63) is 66.9 Å². The fourth-order valence-corrected chi connectivity index (χ4v) is 3.17. The molecule has 0 spiro atoms. The van der Waals surface area contributed by atoms with E-state index in [1.165, 1.54) is 11.3 Å². The fourth-order valence-electron chi connectivity index (χ4n) is 2.36. The summed E-state index contributed by atoms with van der Waals surface area (Å²) in [6.07, 6.45) is 1.95. The number of rotatable bonds is 6. The maximum Gasteiger partial charge on any atom is 0.214 e. The fraction of sp³-hybridized carbons (Fsp3) is 0.111. The van der Waals surface area contributed by atoms with Crippen molar-refractivity contribution in [3.63, 3.8) is 0 Å². The second-order valence-corrected chi connectivity index (χ2v) is 6.17. The van der Waals surface area contributed by atoms with Crippen LogP contribution in [0, 0.1) is 0 Å². The molecule has 0 bridgehead atoms. The maximum atomic E-state index is 5.65. The van der Waals surface area contributed by atoms with E-state index >= 15 is 0 Å². The van der Waals surface area contributed by atoms with Crippen LogP contribution < -0.4 is 10.1 Å². The van der Waals surface area contributed by atoms with Gasteiger partial charge in [0.2, 0.25) is 10.1 Å². The number of ether oxygens (including phenoxy) is 1. The Labute approximate surface area is 143 Å². The second-order valence-electron chi connectivity index (χ2n) is 5.21. The van der Waals surface area contributed by atoms with Crippen LogP contribution in [0.1, 0.15) is 0 Å². The third-order valence-corrected chi connectivity index (χ3v) is 4.38. The summed E-state index contributed by atoms with van der Waals surface area (Å²) in [6.45, 7) is 1.28. The molecule has 0 amide bonds. The summed E-state index contributed by atoms with van der Waals surface area (Å²) >= 11 is 1.53. The molecule has 0 atom stereocenters. The summed E-state index contributed by atoms with van der Waals surface area (Å²) in [6, 6.07) is 19.9. The lowest BCUT2D eigenvalue weighted by Crippen LogP contribution is -2.11. The van der Waals surface area contributed by atoms with Crippen molar-refractivity contribution in [2.75, 3.05) is 18.5 Å². The van der Waals surface area contributed by atoms with Gasteiger partial charge in [0.05, 0.1) is 18.4 Å². The van der Waals surface area contributed by atoms with E-state index in [0.29, 0.717) is 13.2 Å². The van der Waals surface area contributed by atoms with Crippen LogP contribution in [0.2, 0.25) is 0 Å². The standard InChI is InChI=1S/C18H16N4OS/c1-3-7-14(8-4-1)16-13-22-18(20-16)24-17(21-22)19-11-12-23-15-9-5-2-6-10-15/h1-10,13H,11-12H2,(H,19,21). The zero-order chi connectivity index (χ0) is 16.2. The number of benzene rings is 2. The Morgan fingerprint density at radius 2 is 1.75 bits per heavy atom. The Morgan fingerprint density at radius 1 is 1.00 bits per heavy atom. The molecule has 2 aromatic carbocycles. The van der Waals surface area contributed by atoms with Crippen molar-refractivity contribution >= 4 is 21.4 Å². The summed E-state index contributed by atoms with van der Waals surface area (Å²) in [7, 11) is 0. The zero-order valence-electron chi connectivity index (χ0n) is 12.9. The summed E-state index contributed by atoms with van der Waals surface area (Å²) in [4.78, 5) is 5.50. The minimum Gasteiger partial charge on any atom is -0.492 e. The quantitative estimate of drug-likeness (QED) is 0.542. The Bertz CT molecular complexity index is 887. The van der Waals surface area contributed by atoms with Gasteiger partial charge in [0.1, 0.15) is 12.4 Å². The van der Waals surface area contributed by atoms with Gasteiger partial charge in [-0.15, -0.1) is 5.10 Å². The normalized spacial score (nSPS) is 10.8. The third kappa shape index (κ3) is 3.23. The average molecular weight is 336 g/mol.